The largest absolute Gasteiger partial charge is 0.383 e. The van der Waals surface area contributed by atoms with Crippen molar-refractivity contribution in [2.45, 2.75) is 19.3 Å². The van der Waals surface area contributed by atoms with Crippen LogP contribution in [0.15, 0.2) is 36.4 Å². The molecule has 0 atom stereocenters. The Bertz CT molecular complexity index is 614. The maximum absolute atomic E-state index is 5.60. The molecule has 2 heteroatoms. The number of hydrogen-bond donors (Lipinski definition) is 0. The Balaban J connectivity index is 2.32. The molecule has 3 rings (SSSR count). The molecule has 0 spiro atoms. The summed E-state index contributed by atoms with van der Waals surface area (Å²) in [5, 5.41) is 0. The number of ether oxygens (including phenoxy) is 2. The van der Waals surface area contributed by atoms with Gasteiger partial charge in [0.2, 0.25) is 0 Å². The van der Waals surface area contributed by atoms with Gasteiger partial charge in [-0.2, -0.15) is 0 Å². The van der Waals surface area contributed by atoms with Crippen LogP contribution < -0.4 is 0 Å². The minimum Gasteiger partial charge on any atom is -0.383 e. The summed E-state index contributed by atoms with van der Waals surface area (Å²) >= 11 is 0. The first-order chi connectivity index (χ1) is 10.1. The molecular weight excluding hydrogens is 260 g/mol. The summed E-state index contributed by atoms with van der Waals surface area (Å²) in [6.07, 6.45) is 0. The summed E-state index contributed by atoms with van der Waals surface area (Å²) in [5.74, 6) is 0. The predicted octanol–water partition coefficient (Wildman–Crippen LogP) is 3.86. The molecule has 2 nitrogen and oxygen atoms in total. The highest BCUT2D eigenvalue weighted by Gasteiger charge is 2.43. The molecule has 0 radical (unpaired) electrons. The first-order valence-electron chi connectivity index (χ1n) is 7.33. The third kappa shape index (κ3) is 2.10. The van der Waals surface area contributed by atoms with Gasteiger partial charge >= 0.3 is 0 Å². The zero-order valence-corrected chi connectivity index (χ0v) is 13.2. The molecule has 1 aliphatic rings. The van der Waals surface area contributed by atoms with Crippen molar-refractivity contribution in [2.24, 2.45) is 0 Å². The summed E-state index contributed by atoms with van der Waals surface area (Å²) in [6.45, 7) is 5.54. The van der Waals surface area contributed by atoms with Crippen LogP contribution >= 0.6 is 0 Å². The van der Waals surface area contributed by atoms with Crippen molar-refractivity contribution in [3.05, 3.63) is 58.7 Å². The number of aryl methyl sites for hydroxylation is 2. The van der Waals surface area contributed by atoms with E-state index in [2.05, 4.69) is 50.2 Å². The van der Waals surface area contributed by atoms with Crippen molar-refractivity contribution in [3.63, 3.8) is 0 Å². The second-order valence-corrected chi connectivity index (χ2v) is 6.05. The van der Waals surface area contributed by atoms with Gasteiger partial charge in [0.25, 0.3) is 0 Å². The van der Waals surface area contributed by atoms with Crippen LogP contribution in [0, 0.1) is 13.8 Å². The maximum Gasteiger partial charge on any atom is 0.0681 e. The van der Waals surface area contributed by atoms with Gasteiger partial charge in [-0.1, -0.05) is 47.5 Å². The lowest BCUT2D eigenvalue weighted by Gasteiger charge is -2.31. The van der Waals surface area contributed by atoms with Gasteiger partial charge in [-0.05, 0) is 36.1 Å². The summed E-state index contributed by atoms with van der Waals surface area (Å²) < 4.78 is 11.2. The van der Waals surface area contributed by atoms with E-state index in [-0.39, 0.29) is 5.41 Å². The molecule has 0 unspecified atom stereocenters. The van der Waals surface area contributed by atoms with Gasteiger partial charge in [0.15, 0.2) is 0 Å². The minimum atomic E-state index is -0.202. The lowest BCUT2D eigenvalue weighted by atomic mass is 9.79. The SMILES string of the molecule is COCC1(COC)c2cc(C)ccc2-c2ccc(C)cc21. The third-order valence-electron chi connectivity index (χ3n) is 4.45. The van der Waals surface area contributed by atoms with Gasteiger partial charge in [0.1, 0.15) is 0 Å². The Morgan fingerprint density at radius 1 is 0.762 bits per heavy atom. The van der Waals surface area contributed by atoms with E-state index in [0.717, 1.165) is 0 Å². The topological polar surface area (TPSA) is 18.5 Å². The molecule has 0 heterocycles. The molecule has 0 bridgehead atoms. The summed E-state index contributed by atoms with van der Waals surface area (Å²) in [6, 6.07) is 13.4. The number of rotatable bonds is 4. The van der Waals surface area contributed by atoms with Gasteiger partial charge in [0, 0.05) is 14.2 Å². The van der Waals surface area contributed by atoms with E-state index in [0.29, 0.717) is 13.2 Å². The minimum absolute atomic E-state index is 0.202. The smallest absolute Gasteiger partial charge is 0.0681 e. The molecule has 0 amide bonds. The second kappa shape index (κ2) is 5.28. The normalized spacial score (nSPS) is 14.9. The van der Waals surface area contributed by atoms with Gasteiger partial charge in [-0.3, -0.25) is 0 Å². The third-order valence-corrected chi connectivity index (χ3v) is 4.45. The Kier molecular flexibility index (Phi) is 3.60. The van der Waals surface area contributed by atoms with Crippen LogP contribution in [0.25, 0.3) is 11.1 Å². The standard InChI is InChI=1S/C19H22O2/c1-13-5-7-15-16-8-6-14(2)10-18(16)19(11-20-3,12-21-4)17(15)9-13/h5-10H,11-12H2,1-4H3. The first-order valence-corrected chi connectivity index (χ1v) is 7.33. The van der Waals surface area contributed by atoms with Gasteiger partial charge in [-0.15, -0.1) is 0 Å². The van der Waals surface area contributed by atoms with E-state index in [1.165, 1.54) is 33.4 Å². The molecule has 0 saturated heterocycles. The maximum atomic E-state index is 5.60. The van der Waals surface area contributed by atoms with Gasteiger partial charge in [0.05, 0.1) is 18.6 Å². The van der Waals surface area contributed by atoms with E-state index in [4.69, 9.17) is 9.47 Å². The fourth-order valence-corrected chi connectivity index (χ4v) is 3.57. The molecule has 0 fully saturated rings. The zero-order chi connectivity index (χ0) is 15.0. The van der Waals surface area contributed by atoms with Crippen molar-refractivity contribution < 1.29 is 9.47 Å². The molecule has 0 N–H and O–H groups in total. The number of methoxy groups -OCH3 is 2. The summed E-state index contributed by atoms with van der Waals surface area (Å²) in [5.41, 5.74) is 7.62. The Morgan fingerprint density at radius 3 is 1.57 bits per heavy atom. The van der Waals surface area contributed by atoms with Gasteiger partial charge in [-0.25, -0.2) is 0 Å². The van der Waals surface area contributed by atoms with E-state index >= 15 is 0 Å². The second-order valence-electron chi connectivity index (χ2n) is 6.05. The highest BCUT2D eigenvalue weighted by atomic mass is 16.5. The monoisotopic (exact) mass is 282 g/mol. The average Bonchev–Trinajstić information content (AvgIpc) is 2.70. The van der Waals surface area contributed by atoms with Crippen LogP contribution in [-0.2, 0) is 14.9 Å². The average molecular weight is 282 g/mol. The number of benzene rings is 2. The van der Waals surface area contributed by atoms with E-state index in [1.807, 2.05) is 0 Å². The van der Waals surface area contributed by atoms with E-state index in [9.17, 15) is 0 Å². The molecule has 0 aliphatic heterocycles. The van der Waals surface area contributed by atoms with Crippen molar-refractivity contribution in [1.29, 1.82) is 0 Å². The molecule has 2 aromatic rings. The lowest BCUT2D eigenvalue weighted by Crippen LogP contribution is -2.36. The molecule has 1 aliphatic carbocycles. The number of fused-ring (bicyclic) bond motifs is 3. The van der Waals surface area contributed by atoms with Crippen LogP contribution in [0.5, 0.6) is 0 Å². The quantitative estimate of drug-likeness (QED) is 0.847. The van der Waals surface area contributed by atoms with Crippen molar-refractivity contribution >= 4 is 0 Å². The molecule has 2 aromatic carbocycles. The molecule has 0 aromatic heterocycles. The Morgan fingerprint density at radius 2 is 1.19 bits per heavy atom. The molecule has 110 valence electrons. The fourth-order valence-electron chi connectivity index (χ4n) is 3.57. The van der Waals surface area contributed by atoms with E-state index < -0.39 is 0 Å². The lowest BCUT2D eigenvalue weighted by molar-refractivity contribution is 0.0814. The summed E-state index contributed by atoms with van der Waals surface area (Å²) in [4.78, 5) is 0. The Labute approximate surface area is 126 Å². The highest BCUT2D eigenvalue weighted by molar-refractivity contribution is 5.82. The molecular formula is C19H22O2. The molecule has 21 heavy (non-hydrogen) atoms. The van der Waals surface area contributed by atoms with Gasteiger partial charge < -0.3 is 9.47 Å². The van der Waals surface area contributed by atoms with Crippen LogP contribution in [0.1, 0.15) is 22.3 Å². The first kappa shape index (κ1) is 14.3. The zero-order valence-electron chi connectivity index (χ0n) is 13.2. The molecule has 0 saturated carbocycles. The van der Waals surface area contributed by atoms with Crippen molar-refractivity contribution in [1.82, 2.24) is 0 Å². The van der Waals surface area contributed by atoms with Crippen LogP contribution in [0.4, 0.5) is 0 Å². The Hall–Kier alpha value is -1.64. The van der Waals surface area contributed by atoms with Crippen molar-refractivity contribution in [3.8, 4) is 11.1 Å². The van der Waals surface area contributed by atoms with Crippen LogP contribution in [0.2, 0.25) is 0 Å². The van der Waals surface area contributed by atoms with Crippen LogP contribution in [0.3, 0.4) is 0 Å². The van der Waals surface area contributed by atoms with Crippen molar-refractivity contribution in [2.75, 3.05) is 27.4 Å². The fraction of sp³-hybridized carbons (Fsp3) is 0.368. The van der Waals surface area contributed by atoms with Crippen LogP contribution in [-0.4, -0.2) is 27.4 Å². The highest BCUT2D eigenvalue weighted by Crippen LogP contribution is 2.49. The predicted molar refractivity (Wildman–Crippen MR) is 85.9 cm³/mol. The summed E-state index contributed by atoms with van der Waals surface area (Å²) in [7, 11) is 3.53. The number of hydrogen-bond acceptors (Lipinski definition) is 2. The van der Waals surface area contributed by atoms with E-state index in [1.54, 1.807) is 14.2 Å².